The third kappa shape index (κ3) is 2.65. The summed E-state index contributed by atoms with van der Waals surface area (Å²) in [6, 6.07) is 22.2. The predicted molar refractivity (Wildman–Crippen MR) is 98.8 cm³/mol. The van der Waals surface area contributed by atoms with Gasteiger partial charge in [-0.25, -0.2) is 4.98 Å². The van der Waals surface area contributed by atoms with Gasteiger partial charge in [0, 0.05) is 4.88 Å². The van der Waals surface area contributed by atoms with Crippen molar-refractivity contribution in [1.82, 2.24) is 9.97 Å². The van der Waals surface area contributed by atoms with E-state index in [-0.39, 0.29) is 11.5 Å². The number of fused-ring (bicyclic) bond motifs is 1. The Morgan fingerprint density at radius 3 is 2.12 bits per heavy atom. The molecule has 3 nitrogen and oxygen atoms in total. The maximum Gasteiger partial charge on any atom is 0.259 e. The summed E-state index contributed by atoms with van der Waals surface area (Å²) in [6.07, 6.45) is 0. The van der Waals surface area contributed by atoms with Crippen LogP contribution in [0.2, 0.25) is 0 Å². The zero-order valence-electron chi connectivity index (χ0n) is 13.2. The summed E-state index contributed by atoms with van der Waals surface area (Å²) >= 11 is 1.56. The fourth-order valence-corrected chi connectivity index (χ4v) is 3.89. The highest BCUT2D eigenvalue weighted by molar-refractivity contribution is 7.18. The molecule has 0 radical (unpaired) electrons. The Balaban J connectivity index is 1.95. The van der Waals surface area contributed by atoms with Gasteiger partial charge in [0.25, 0.3) is 5.56 Å². The van der Waals surface area contributed by atoms with Crippen molar-refractivity contribution >= 4 is 21.6 Å². The van der Waals surface area contributed by atoms with Crippen molar-refractivity contribution in [1.29, 1.82) is 0 Å². The molecule has 1 N–H and O–H groups in total. The Labute approximate surface area is 143 Å². The van der Waals surface area contributed by atoms with Gasteiger partial charge in [-0.2, -0.15) is 0 Å². The standard InChI is InChI=1S/C20H16N2OS/c1-13-12-16-19(23)21-18(22-20(16)24-13)17(14-8-4-2-5-9-14)15-10-6-3-7-11-15/h2-12,17H,1H3,(H,21,22,23). The largest absolute Gasteiger partial charge is 0.309 e. The number of aryl methyl sites for hydroxylation is 1. The van der Waals surface area contributed by atoms with E-state index in [1.54, 1.807) is 11.3 Å². The smallest absolute Gasteiger partial charge is 0.259 e. The molecule has 2 aromatic carbocycles. The van der Waals surface area contributed by atoms with Crippen LogP contribution in [0.4, 0.5) is 0 Å². The summed E-state index contributed by atoms with van der Waals surface area (Å²) in [5.74, 6) is 0.596. The highest BCUT2D eigenvalue weighted by Gasteiger charge is 2.20. The van der Waals surface area contributed by atoms with Crippen LogP contribution in [0.15, 0.2) is 71.5 Å². The van der Waals surface area contributed by atoms with Crippen molar-refractivity contribution < 1.29 is 0 Å². The number of hydrogen-bond acceptors (Lipinski definition) is 3. The van der Waals surface area contributed by atoms with Crippen molar-refractivity contribution in [2.24, 2.45) is 0 Å². The molecule has 0 fully saturated rings. The minimum absolute atomic E-state index is 0.0730. The van der Waals surface area contributed by atoms with Crippen LogP contribution in [0.5, 0.6) is 0 Å². The second-order valence-electron chi connectivity index (χ2n) is 5.78. The Hall–Kier alpha value is -2.72. The van der Waals surface area contributed by atoms with Crippen LogP contribution in [-0.4, -0.2) is 9.97 Å². The monoisotopic (exact) mass is 332 g/mol. The second kappa shape index (κ2) is 6.06. The highest BCUT2D eigenvalue weighted by Crippen LogP contribution is 2.30. The van der Waals surface area contributed by atoms with Crippen LogP contribution in [0.25, 0.3) is 10.2 Å². The molecule has 0 aliphatic heterocycles. The fraction of sp³-hybridized carbons (Fsp3) is 0.100. The van der Waals surface area contributed by atoms with E-state index in [4.69, 9.17) is 4.98 Å². The number of aromatic amines is 1. The predicted octanol–water partition coefficient (Wildman–Crippen LogP) is 4.47. The van der Waals surface area contributed by atoms with Gasteiger partial charge >= 0.3 is 0 Å². The zero-order valence-corrected chi connectivity index (χ0v) is 14.0. The first-order valence-corrected chi connectivity index (χ1v) is 8.64. The summed E-state index contributed by atoms with van der Waals surface area (Å²) < 4.78 is 0. The molecule has 2 aromatic heterocycles. The third-order valence-corrected chi connectivity index (χ3v) is 5.03. The van der Waals surface area contributed by atoms with Crippen molar-refractivity contribution in [3.8, 4) is 0 Å². The number of nitrogens with one attached hydrogen (secondary N) is 1. The average Bonchev–Trinajstić information content (AvgIpc) is 2.98. The number of aromatic nitrogens is 2. The van der Waals surface area contributed by atoms with E-state index in [9.17, 15) is 4.79 Å². The molecule has 0 amide bonds. The van der Waals surface area contributed by atoms with Crippen LogP contribution in [0, 0.1) is 6.92 Å². The zero-order chi connectivity index (χ0) is 16.5. The number of benzene rings is 2. The van der Waals surface area contributed by atoms with E-state index in [1.165, 1.54) is 0 Å². The molecule has 0 unspecified atom stereocenters. The lowest BCUT2D eigenvalue weighted by Gasteiger charge is -2.17. The Kier molecular flexibility index (Phi) is 3.75. The molecule has 4 rings (SSSR count). The molecule has 0 saturated carbocycles. The van der Waals surface area contributed by atoms with Gasteiger partial charge in [0.15, 0.2) is 0 Å². The minimum Gasteiger partial charge on any atom is -0.309 e. The highest BCUT2D eigenvalue weighted by atomic mass is 32.1. The van der Waals surface area contributed by atoms with Crippen LogP contribution in [0.3, 0.4) is 0 Å². The molecule has 2 heterocycles. The van der Waals surface area contributed by atoms with E-state index in [2.05, 4.69) is 29.2 Å². The van der Waals surface area contributed by atoms with E-state index < -0.39 is 0 Å². The van der Waals surface area contributed by atoms with E-state index in [0.717, 1.165) is 20.8 Å². The van der Waals surface area contributed by atoms with Gasteiger partial charge in [0.05, 0.1) is 11.3 Å². The first-order valence-electron chi connectivity index (χ1n) is 7.82. The van der Waals surface area contributed by atoms with Gasteiger partial charge < -0.3 is 4.98 Å². The number of hydrogen-bond donors (Lipinski definition) is 1. The number of rotatable bonds is 3. The maximum atomic E-state index is 12.5. The summed E-state index contributed by atoms with van der Waals surface area (Å²) in [4.78, 5) is 22.2. The van der Waals surface area contributed by atoms with Crippen molar-refractivity contribution in [2.75, 3.05) is 0 Å². The lowest BCUT2D eigenvalue weighted by atomic mass is 9.90. The maximum absolute atomic E-state index is 12.5. The summed E-state index contributed by atoms with van der Waals surface area (Å²) in [5, 5.41) is 0.668. The molecule has 4 heteroatoms. The third-order valence-electron chi connectivity index (χ3n) is 4.08. The molecule has 0 saturated heterocycles. The Bertz CT molecular complexity index is 996. The lowest BCUT2D eigenvalue weighted by Crippen LogP contribution is -2.15. The number of thiophene rings is 1. The fourth-order valence-electron chi connectivity index (χ4n) is 3.00. The molecule has 0 aliphatic carbocycles. The molecule has 4 aromatic rings. The van der Waals surface area contributed by atoms with E-state index >= 15 is 0 Å². The van der Waals surface area contributed by atoms with Crippen LogP contribution >= 0.6 is 11.3 Å². The van der Waals surface area contributed by atoms with Crippen molar-refractivity contribution in [3.63, 3.8) is 0 Å². The van der Waals surface area contributed by atoms with Gasteiger partial charge in [-0.1, -0.05) is 60.7 Å². The lowest BCUT2D eigenvalue weighted by molar-refractivity contribution is 0.860. The first kappa shape index (κ1) is 14.8. The SMILES string of the molecule is Cc1cc2c(=O)[nH]c(C(c3ccccc3)c3ccccc3)nc2s1. The molecule has 24 heavy (non-hydrogen) atoms. The van der Waals surface area contributed by atoms with Crippen LogP contribution in [0.1, 0.15) is 27.7 Å². The van der Waals surface area contributed by atoms with Crippen molar-refractivity contribution in [2.45, 2.75) is 12.8 Å². The normalized spacial score (nSPS) is 11.2. The number of H-pyrrole nitrogens is 1. The second-order valence-corrected chi connectivity index (χ2v) is 7.02. The van der Waals surface area contributed by atoms with E-state index in [0.29, 0.717) is 11.2 Å². The van der Waals surface area contributed by atoms with Gasteiger partial charge in [-0.05, 0) is 24.1 Å². The molecule has 0 aliphatic rings. The molecule has 0 atom stereocenters. The Morgan fingerprint density at radius 1 is 0.958 bits per heavy atom. The van der Waals surface area contributed by atoms with Gasteiger partial charge in [0.1, 0.15) is 10.7 Å². The average molecular weight is 332 g/mol. The van der Waals surface area contributed by atoms with Gasteiger partial charge in [0.2, 0.25) is 0 Å². The van der Waals surface area contributed by atoms with Gasteiger partial charge in [-0.15, -0.1) is 11.3 Å². The molecule has 0 bridgehead atoms. The molecular weight excluding hydrogens is 316 g/mol. The Morgan fingerprint density at radius 2 is 1.54 bits per heavy atom. The van der Waals surface area contributed by atoms with Crippen LogP contribution in [-0.2, 0) is 0 Å². The molecule has 118 valence electrons. The van der Waals surface area contributed by atoms with Gasteiger partial charge in [-0.3, -0.25) is 4.79 Å². The van der Waals surface area contributed by atoms with Crippen LogP contribution < -0.4 is 5.56 Å². The first-order chi connectivity index (χ1) is 11.7. The minimum atomic E-state index is -0.0908. The quantitative estimate of drug-likeness (QED) is 0.601. The van der Waals surface area contributed by atoms with E-state index in [1.807, 2.05) is 49.4 Å². The number of nitrogens with zero attached hydrogens (tertiary/aromatic N) is 1. The molecule has 0 spiro atoms. The summed E-state index contributed by atoms with van der Waals surface area (Å²) in [5.41, 5.74) is 2.15. The van der Waals surface area contributed by atoms with Crippen molar-refractivity contribution in [3.05, 3.63) is 98.9 Å². The summed E-state index contributed by atoms with van der Waals surface area (Å²) in [7, 11) is 0. The summed E-state index contributed by atoms with van der Waals surface area (Å²) in [6.45, 7) is 2.00. The topological polar surface area (TPSA) is 45.8 Å². The molecular formula is C20H16N2OS.